The van der Waals surface area contributed by atoms with Crippen molar-refractivity contribution in [3.05, 3.63) is 59.1 Å². The van der Waals surface area contributed by atoms with Crippen molar-refractivity contribution in [2.75, 3.05) is 31.1 Å². The zero-order chi connectivity index (χ0) is 16.9. The molecule has 1 aliphatic rings. The van der Waals surface area contributed by atoms with E-state index in [1.165, 1.54) is 0 Å². The summed E-state index contributed by atoms with van der Waals surface area (Å²) in [4.78, 5) is 16.5. The molecule has 0 unspecified atom stereocenters. The Morgan fingerprint density at radius 1 is 1.04 bits per heavy atom. The van der Waals surface area contributed by atoms with E-state index in [0.717, 1.165) is 29.4 Å². The maximum absolute atomic E-state index is 12.4. The van der Waals surface area contributed by atoms with Gasteiger partial charge in [-0.15, -0.1) is 0 Å². The topological polar surface area (TPSA) is 43.8 Å². The van der Waals surface area contributed by atoms with E-state index < -0.39 is 0 Å². The molecule has 1 N–H and O–H groups in total. The predicted octanol–water partition coefficient (Wildman–Crippen LogP) is 3.33. The fourth-order valence-corrected chi connectivity index (χ4v) is 3.19. The molecule has 1 fully saturated rings. The van der Waals surface area contributed by atoms with Gasteiger partial charge in [-0.25, -0.2) is 0 Å². The average molecular weight is 345 g/mol. The molecule has 0 bridgehead atoms. The van der Waals surface area contributed by atoms with Gasteiger partial charge in [0, 0.05) is 43.3 Å². The summed E-state index contributed by atoms with van der Waals surface area (Å²) in [5, 5.41) is 10.5. The van der Waals surface area contributed by atoms with E-state index in [1.807, 2.05) is 41.3 Å². The molecule has 1 amide bonds. The third kappa shape index (κ3) is 4.01. The van der Waals surface area contributed by atoms with Gasteiger partial charge in [0.1, 0.15) is 5.75 Å². The van der Waals surface area contributed by atoms with Gasteiger partial charge < -0.3 is 14.9 Å². The number of phenols is 1. The normalized spacial score (nSPS) is 14.7. The highest BCUT2D eigenvalue weighted by Gasteiger charge is 2.21. The molecule has 4 nitrogen and oxygen atoms in total. The fourth-order valence-electron chi connectivity index (χ4n) is 3.01. The molecule has 0 spiro atoms. The van der Waals surface area contributed by atoms with Crippen molar-refractivity contribution in [1.82, 2.24) is 4.90 Å². The Morgan fingerprint density at radius 2 is 1.79 bits per heavy atom. The summed E-state index contributed by atoms with van der Waals surface area (Å²) >= 11 is 6.04. The van der Waals surface area contributed by atoms with Crippen LogP contribution >= 0.6 is 11.6 Å². The number of piperazine rings is 1. The number of para-hydroxylation sites is 1. The van der Waals surface area contributed by atoms with Gasteiger partial charge in [0.15, 0.2) is 0 Å². The second kappa shape index (κ2) is 7.58. The molecule has 5 heteroatoms. The minimum absolute atomic E-state index is 0.143. The largest absolute Gasteiger partial charge is 0.508 e. The SMILES string of the molecule is O=C(CCc1ccccc1O)N1CCN(c2cccc(Cl)c2)CC1. The number of halogens is 1. The molecule has 0 atom stereocenters. The first-order valence-corrected chi connectivity index (χ1v) is 8.56. The first kappa shape index (κ1) is 16.7. The van der Waals surface area contributed by atoms with Crippen molar-refractivity contribution in [2.24, 2.45) is 0 Å². The van der Waals surface area contributed by atoms with Gasteiger partial charge in [0.25, 0.3) is 0 Å². The van der Waals surface area contributed by atoms with E-state index in [0.29, 0.717) is 25.9 Å². The lowest BCUT2D eigenvalue weighted by molar-refractivity contribution is -0.131. The molecule has 0 aromatic heterocycles. The second-order valence-electron chi connectivity index (χ2n) is 5.98. The molecule has 2 aromatic rings. The van der Waals surface area contributed by atoms with Gasteiger partial charge in [-0.05, 0) is 36.2 Å². The lowest BCUT2D eigenvalue weighted by Crippen LogP contribution is -2.48. The van der Waals surface area contributed by atoms with Crippen LogP contribution in [0.1, 0.15) is 12.0 Å². The van der Waals surface area contributed by atoms with Crippen molar-refractivity contribution < 1.29 is 9.90 Å². The minimum atomic E-state index is 0.143. The molecule has 1 heterocycles. The van der Waals surface area contributed by atoms with Crippen LogP contribution in [0, 0.1) is 0 Å². The van der Waals surface area contributed by atoms with Crippen LogP contribution in [0.3, 0.4) is 0 Å². The summed E-state index contributed by atoms with van der Waals surface area (Å²) in [7, 11) is 0. The Hall–Kier alpha value is -2.20. The number of benzene rings is 2. The first-order chi connectivity index (χ1) is 11.6. The molecule has 0 radical (unpaired) electrons. The summed E-state index contributed by atoms with van der Waals surface area (Å²) in [5.74, 6) is 0.403. The Balaban J connectivity index is 1.51. The molecular formula is C19H21ClN2O2. The number of nitrogens with zero attached hydrogens (tertiary/aromatic N) is 2. The van der Waals surface area contributed by atoms with Gasteiger partial charge >= 0.3 is 0 Å². The number of carbonyl (C=O) groups excluding carboxylic acids is 1. The number of phenolic OH excluding ortho intramolecular Hbond substituents is 1. The summed E-state index contributed by atoms with van der Waals surface area (Å²) in [5.41, 5.74) is 1.92. The quantitative estimate of drug-likeness (QED) is 0.925. The highest BCUT2D eigenvalue weighted by Crippen LogP contribution is 2.21. The van der Waals surface area contributed by atoms with Crippen LogP contribution in [0.25, 0.3) is 0 Å². The van der Waals surface area contributed by atoms with Crippen molar-refractivity contribution >= 4 is 23.2 Å². The molecule has 0 saturated carbocycles. The number of hydrogen-bond acceptors (Lipinski definition) is 3. The minimum Gasteiger partial charge on any atom is -0.508 e. The van der Waals surface area contributed by atoms with E-state index in [4.69, 9.17) is 11.6 Å². The van der Waals surface area contributed by atoms with Crippen LogP contribution in [-0.2, 0) is 11.2 Å². The second-order valence-corrected chi connectivity index (χ2v) is 6.41. The van der Waals surface area contributed by atoms with Gasteiger partial charge in [-0.1, -0.05) is 35.9 Å². The van der Waals surface area contributed by atoms with Gasteiger partial charge in [0.2, 0.25) is 5.91 Å². The number of rotatable bonds is 4. The number of anilines is 1. The Morgan fingerprint density at radius 3 is 2.50 bits per heavy atom. The molecular weight excluding hydrogens is 324 g/mol. The first-order valence-electron chi connectivity index (χ1n) is 8.18. The molecule has 2 aromatic carbocycles. The smallest absolute Gasteiger partial charge is 0.223 e. The Kier molecular flexibility index (Phi) is 5.26. The number of aromatic hydroxyl groups is 1. The van der Waals surface area contributed by atoms with Crippen molar-refractivity contribution in [2.45, 2.75) is 12.8 Å². The number of carbonyl (C=O) groups is 1. The number of amides is 1. The van der Waals surface area contributed by atoms with Crippen LogP contribution in [0.5, 0.6) is 5.75 Å². The molecule has 3 rings (SSSR count). The van der Waals surface area contributed by atoms with E-state index in [-0.39, 0.29) is 11.7 Å². The number of aryl methyl sites for hydroxylation is 1. The van der Waals surface area contributed by atoms with Crippen molar-refractivity contribution in [3.8, 4) is 5.75 Å². The lowest BCUT2D eigenvalue weighted by atomic mass is 10.1. The fraction of sp³-hybridized carbons (Fsp3) is 0.316. The summed E-state index contributed by atoms with van der Waals surface area (Å²) in [6.07, 6.45) is 0.995. The van der Waals surface area contributed by atoms with Crippen LogP contribution in [0.15, 0.2) is 48.5 Å². The van der Waals surface area contributed by atoms with Gasteiger partial charge in [-0.3, -0.25) is 4.79 Å². The number of hydrogen-bond donors (Lipinski definition) is 1. The van der Waals surface area contributed by atoms with Crippen LogP contribution in [-0.4, -0.2) is 42.1 Å². The van der Waals surface area contributed by atoms with Gasteiger partial charge in [0.05, 0.1) is 0 Å². The summed E-state index contributed by atoms with van der Waals surface area (Å²) in [6.45, 7) is 3.05. The molecule has 0 aliphatic carbocycles. The standard InChI is InChI=1S/C19H21ClN2O2/c20-16-5-3-6-17(14-16)21-10-12-22(13-11-21)19(24)9-8-15-4-1-2-7-18(15)23/h1-7,14,23H,8-13H2. The van der Waals surface area contributed by atoms with E-state index in [1.54, 1.807) is 12.1 Å². The summed E-state index contributed by atoms with van der Waals surface area (Å²) in [6, 6.07) is 15.0. The van der Waals surface area contributed by atoms with Crippen LogP contribution in [0.4, 0.5) is 5.69 Å². The Labute approximate surface area is 147 Å². The maximum atomic E-state index is 12.4. The molecule has 24 heavy (non-hydrogen) atoms. The highest BCUT2D eigenvalue weighted by atomic mass is 35.5. The molecule has 126 valence electrons. The van der Waals surface area contributed by atoms with E-state index in [2.05, 4.69) is 4.90 Å². The molecule has 1 saturated heterocycles. The Bertz CT molecular complexity index is 712. The van der Waals surface area contributed by atoms with Crippen molar-refractivity contribution in [3.63, 3.8) is 0 Å². The zero-order valence-corrected chi connectivity index (χ0v) is 14.2. The lowest BCUT2D eigenvalue weighted by Gasteiger charge is -2.36. The third-order valence-corrected chi connectivity index (χ3v) is 4.64. The average Bonchev–Trinajstić information content (AvgIpc) is 2.61. The monoisotopic (exact) mass is 344 g/mol. The summed E-state index contributed by atoms with van der Waals surface area (Å²) < 4.78 is 0. The van der Waals surface area contributed by atoms with Crippen LogP contribution in [0.2, 0.25) is 5.02 Å². The van der Waals surface area contributed by atoms with Crippen LogP contribution < -0.4 is 4.90 Å². The molecule has 1 aliphatic heterocycles. The maximum Gasteiger partial charge on any atom is 0.223 e. The predicted molar refractivity (Wildman–Crippen MR) is 96.7 cm³/mol. The van der Waals surface area contributed by atoms with E-state index in [9.17, 15) is 9.90 Å². The van der Waals surface area contributed by atoms with E-state index >= 15 is 0 Å². The van der Waals surface area contributed by atoms with Crippen molar-refractivity contribution in [1.29, 1.82) is 0 Å². The zero-order valence-electron chi connectivity index (χ0n) is 13.5. The highest BCUT2D eigenvalue weighted by molar-refractivity contribution is 6.30. The van der Waals surface area contributed by atoms with Gasteiger partial charge in [-0.2, -0.15) is 0 Å². The third-order valence-electron chi connectivity index (χ3n) is 4.41.